The Morgan fingerprint density at radius 3 is 2.21 bits per heavy atom. The van der Waals surface area contributed by atoms with Crippen LogP contribution in [0.4, 0.5) is 5.69 Å². The summed E-state index contributed by atoms with van der Waals surface area (Å²) in [5.74, 6) is 1.60. The highest BCUT2D eigenvalue weighted by Gasteiger charge is 2.22. The molecule has 5 N–H and O–H groups in total. The van der Waals surface area contributed by atoms with Gasteiger partial charge in [-0.1, -0.05) is 48.5 Å². The van der Waals surface area contributed by atoms with Crippen LogP contribution in [0.5, 0.6) is 17.2 Å². The minimum absolute atomic E-state index is 0.0221. The van der Waals surface area contributed by atoms with Crippen molar-refractivity contribution >= 4 is 17.4 Å². The van der Waals surface area contributed by atoms with Crippen LogP contribution < -0.4 is 30.6 Å². The lowest BCUT2D eigenvalue weighted by atomic mass is 10.0. The quantitative estimate of drug-likeness (QED) is 0.152. The molecule has 200 valence electrons. The molecule has 4 aromatic rings. The number of amidine groups is 1. The van der Waals surface area contributed by atoms with E-state index in [0.29, 0.717) is 41.5 Å². The van der Waals surface area contributed by atoms with Crippen LogP contribution in [-0.2, 0) is 17.9 Å². The van der Waals surface area contributed by atoms with E-state index in [-0.39, 0.29) is 11.7 Å². The van der Waals surface area contributed by atoms with Crippen molar-refractivity contribution in [1.29, 1.82) is 5.41 Å². The van der Waals surface area contributed by atoms with Crippen LogP contribution in [0, 0.1) is 5.41 Å². The van der Waals surface area contributed by atoms with Gasteiger partial charge in [0.05, 0.1) is 14.2 Å². The number of hydrogen-bond acceptors (Lipinski definition) is 6. The Kier molecular flexibility index (Phi) is 9.03. The molecule has 8 heteroatoms. The molecule has 0 spiro atoms. The van der Waals surface area contributed by atoms with E-state index in [4.69, 9.17) is 25.4 Å². The number of methoxy groups -OCH3 is 2. The van der Waals surface area contributed by atoms with Crippen LogP contribution in [0.3, 0.4) is 0 Å². The zero-order valence-corrected chi connectivity index (χ0v) is 21.9. The molecule has 4 rings (SSSR count). The molecule has 0 heterocycles. The third-order valence-electron chi connectivity index (χ3n) is 6.15. The molecule has 1 atom stereocenters. The van der Waals surface area contributed by atoms with E-state index >= 15 is 0 Å². The topological polar surface area (TPSA) is 119 Å². The number of benzene rings is 4. The fourth-order valence-electron chi connectivity index (χ4n) is 3.97. The first kappa shape index (κ1) is 27.1. The number of amides is 1. The Labute approximate surface area is 228 Å². The van der Waals surface area contributed by atoms with Gasteiger partial charge in [-0.3, -0.25) is 10.2 Å². The van der Waals surface area contributed by atoms with E-state index in [1.807, 2.05) is 60.7 Å². The summed E-state index contributed by atoms with van der Waals surface area (Å²) in [5.41, 5.74) is 9.57. The number of anilines is 1. The molecule has 0 aromatic heterocycles. The Hall–Kier alpha value is -4.98. The molecule has 0 aliphatic rings. The standard InChI is InChI=1S/C31H32N4O4/c1-37-26-15-8-21(9-16-26)19-34-31(36)29(35-25-13-10-23(11-14-25)30(32)33)24-12-17-27(28(18-24)38-2)39-20-22-6-4-3-5-7-22/h3-18,29,35H,19-20H2,1-2H3,(H3,32,33)(H,34,36)/t29-/m1/s1. The first-order chi connectivity index (χ1) is 19.0. The average Bonchev–Trinajstić information content (AvgIpc) is 2.98. The zero-order chi connectivity index (χ0) is 27.6. The van der Waals surface area contributed by atoms with Crippen molar-refractivity contribution in [1.82, 2.24) is 5.32 Å². The second-order valence-corrected chi connectivity index (χ2v) is 8.82. The highest BCUT2D eigenvalue weighted by molar-refractivity contribution is 5.95. The number of hydrogen-bond donors (Lipinski definition) is 4. The van der Waals surface area contributed by atoms with Gasteiger partial charge >= 0.3 is 0 Å². The molecule has 0 aliphatic heterocycles. The minimum atomic E-state index is -0.733. The van der Waals surface area contributed by atoms with Gasteiger partial charge in [-0.25, -0.2) is 0 Å². The van der Waals surface area contributed by atoms with E-state index < -0.39 is 6.04 Å². The van der Waals surface area contributed by atoms with Crippen molar-refractivity contribution in [3.63, 3.8) is 0 Å². The van der Waals surface area contributed by atoms with E-state index in [1.165, 1.54) is 0 Å². The molecule has 39 heavy (non-hydrogen) atoms. The number of nitrogens with one attached hydrogen (secondary N) is 3. The summed E-state index contributed by atoms with van der Waals surface area (Å²) in [6.45, 7) is 0.739. The Morgan fingerprint density at radius 2 is 1.56 bits per heavy atom. The summed E-state index contributed by atoms with van der Waals surface area (Å²) in [6, 6.07) is 29.1. The molecular formula is C31H32N4O4. The lowest BCUT2D eigenvalue weighted by molar-refractivity contribution is -0.122. The second kappa shape index (κ2) is 13.0. The molecule has 8 nitrogen and oxygen atoms in total. The van der Waals surface area contributed by atoms with Crippen LogP contribution in [0.15, 0.2) is 97.1 Å². The largest absolute Gasteiger partial charge is 0.497 e. The van der Waals surface area contributed by atoms with Gasteiger partial charge in [-0.2, -0.15) is 0 Å². The van der Waals surface area contributed by atoms with E-state index in [0.717, 1.165) is 16.9 Å². The zero-order valence-electron chi connectivity index (χ0n) is 21.9. The molecule has 0 radical (unpaired) electrons. The maximum atomic E-state index is 13.5. The van der Waals surface area contributed by atoms with Gasteiger partial charge in [0, 0.05) is 17.8 Å². The van der Waals surface area contributed by atoms with Crippen molar-refractivity contribution in [2.75, 3.05) is 19.5 Å². The molecule has 4 aromatic carbocycles. The summed E-state index contributed by atoms with van der Waals surface area (Å²) in [4.78, 5) is 13.5. The molecule has 0 saturated heterocycles. The third-order valence-corrected chi connectivity index (χ3v) is 6.15. The van der Waals surface area contributed by atoms with Crippen LogP contribution in [0.2, 0.25) is 0 Å². The first-order valence-electron chi connectivity index (χ1n) is 12.4. The van der Waals surface area contributed by atoms with Crippen LogP contribution in [-0.4, -0.2) is 26.0 Å². The summed E-state index contributed by atoms with van der Waals surface area (Å²) in [6.07, 6.45) is 0. The normalized spacial score (nSPS) is 11.2. The van der Waals surface area contributed by atoms with Crippen molar-refractivity contribution in [2.24, 2.45) is 5.73 Å². The minimum Gasteiger partial charge on any atom is -0.497 e. The SMILES string of the molecule is COc1ccc(CNC(=O)[C@H](Nc2ccc(C(=N)N)cc2)c2ccc(OCc3ccccc3)c(OC)c2)cc1. The molecule has 0 unspecified atom stereocenters. The summed E-state index contributed by atoms with van der Waals surface area (Å²) in [5, 5.41) is 13.9. The second-order valence-electron chi connectivity index (χ2n) is 8.82. The molecule has 1 amide bonds. The van der Waals surface area contributed by atoms with Gasteiger partial charge in [-0.05, 0) is 65.2 Å². The first-order valence-corrected chi connectivity index (χ1v) is 12.4. The number of nitrogen functional groups attached to an aromatic ring is 1. The fourth-order valence-corrected chi connectivity index (χ4v) is 3.97. The highest BCUT2D eigenvalue weighted by Crippen LogP contribution is 2.32. The van der Waals surface area contributed by atoms with Crippen molar-refractivity contribution in [3.8, 4) is 17.2 Å². The maximum Gasteiger partial charge on any atom is 0.247 e. The summed E-state index contributed by atoms with van der Waals surface area (Å²) >= 11 is 0. The molecule has 0 bridgehead atoms. The van der Waals surface area contributed by atoms with Gasteiger partial charge in [0.1, 0.15) is 24.2 Å². The van der Waals surface area contributed by atoms with Gasteiger partial charge in [0.25, 0.3) is 0 Å². The van der Waals surface area contributed by atoms with Gasteiger partial charge in [0.15, 0.2) is 11.5 Å². The van der Waals surface area contributed by atoms with E-state index in [1.54, 1.807) is 50.6 Å². The van der Waals surface area contributed by atoms with Gasteiger partial charge in [0.2, 0.25) is 5.91 Å². The number of carbonyl (C=O) groups excluding carboxylic acids is 1. The average molecular weight is 525 g/mol. The van der Waals surface area contributed by atoms with Gasteiger partial charge in [-0.15, -0.1) is 0 Å². The number of ether oxygens (including phenoxy) is 3. The van der Waals surface area contributed by atoms with Crippen molar-refractivity contribution in [3.05, 3.63) is 119 Å². The smallest absolute Gasteiger partial charge is 0.247 e. The summed E-state index contributed by atoms with van der Waals surface area (Å²) in [7, 11) is 3.18. The highest BCUT2D eigenvalue weighted by atomic mass is 16.5. The van der Waals surface area contributed by atoms with Crippen molar-refractivity contribution < 1.29 is 19.0 Å². The van der Waals surface area contributed by atoms with Crippen LogP contribution >= 0.6 is 0 Å². The lowest BCUT2D eigenvalue weighted by Gasteiger charge is -2.22. The molecule has 0 aliphatic carbocycles. The third kappa shape index (κ3) is 7.29. The number of nitrogens with two attached hydrogens (primary N) is 1. The van der Waals surface area contributed by atoms with E-state index in [2.05, 4.69) is 10.6 Å². The Balaban J connectivity index is 1.56. The summed E-state index contributed by atoms with van der Waals surface area (Å²) < 4.78 is 16.8. The predicted octanol–water partition coefficient (Wildman–Crippen LogP) is 5.04. The predicted molar refractivity (Wildman–Crippen MR) is 152 cm³/mol. The number of carbonyl (C=O) groups is 1. The number of rotatable bonds is 12. The van der Waals surface area contributed by atoms with E-state index in [9.17, 15) is 4.79 Å². The van der Waals surface area contributed by atoms with Gasteiger partial charge < -0.3 is 30.6 Å². The monoisotopic (exact) mass is 524 g/mol. The molecular weight excluding hydrogens is 492 g/mol. The molecule has 0 fully saturated rings. The Bertz CT molecular complexity index is 1390. The Morgan fingerprint density at radius 1 is 0.846 bits per heavy atom. The van der Waals surface area contributed by atoms with Crippen LogP contribution in [0.1, 0.15) is 28.3 Å². The molecule has 0 saturated carbocycles. The van der Waals surface area contributed by atoms with Crippen molar-refractivity contribution in [2.45, 2.75) is 19.2 Å². The maximum absolute atomic E-state index is 13.5. The lowest BCUT2D eigenvalue weighted by Crippen LogP contribution is -2.33. The van der Waals surface area contributed by atoms with Crippen LogP contribution in [0.25, 0.3) is 0 Å². The fraction of sp³-hybridized carbons (Fsp3) is 0.161.